The van der Waals surface area contributed by atoms with E-state index in [-0.39, 0.29) is 6.54 Å². The normalized spacial score (nSPS) is 9.92. The van der Waals surface area contributed by atoms with E-state index in [1.54, 1.807) is 0 Å². The monoisotopic (exact) mass is 184 g/mol. The second-order valence-electron chi connectivity index (χ2n) is 2.63. The Morgan fingerprint density at radius 3 is 2.83 bits per heavy atom. The van der Waals surface area contributed by atoms with Gasteiger partial charge in [0.25, 0.3) is 0 Å². The zero-order chi connectivity index (χ0) is 9.14. The molecule has 0 bridgehead atoms. The first-order valence-corrected chi connectivity index (χ1v) is 3.94. The van der Waals surface area contributed by atoms with Crippen molar-refractivity contribution in [1.82, 2.24) is 4.98 Å². The number of aromatic nitrogens is 1. The third-order valence-corrected chi connectivity index (χ3v) is 2.05. The van der Waals surface area contributed by atoms with Crippen LogP contribution in [0.15, 0.2) is 11.2 Å². The molecule has 0 spiro atoms. The highest BCUT2D eigenvalue weighted by molar-refractivity contribution is 6.30. The number of aryl methyl sites for hydroxylation is 2. The molecule has 0 N–H and O–H groups in total. The Balaban J connectivity index is 3.13. The molecule has 1 heterocycles. The summed E-state index contributed by atoms with van der Waals surface area (Å²) in [6.07, 6.45) is 0. The van der Waals surface area contributed by atoms with Crippen molar-refractivity contribution in [3.05, 3.63) is 32.9 Å². The Hall–Kier alpha value is -0.960. The van der Waals surface area contributed by atoms with Crippen LogP contribution in [0.4, 0.5) is 0 Å². The fourth-order valence-corrected chi connectivity index (χ4v) is 1.15. The molecule has 0 radical (unpaired) electrons. The van der Waals surface area contributed by atoms with Gasteiger partial charge in [-0.25, -0.2) is 4.98 Å². The number of nitrogens with zero attached hydrogens (tertiary/aromatic N) is 2. The molecule has 1 aromatic rings. The van der Waals surface area contributed by atoms with Crippen molar-refractivity contribution < 1.29 is 0 Å². The second kappa shape index (κ2) is 3.63. The fourth-order valence-electron chi connectivity index (χ4n) is 0.913. The number of hydrogen-bond acceptors (Lipinski definition) is 3. The van der Waals surface area contributed by atoms with Crippen molar-refractivity contribution in [3.8, 4) is 0 Å². The maximum absolute atomic E-state index is 9.99. The fraction of sp³-hybridized carbons (Fsp3) is 0.375. The molecule has 0 amide bonds. The summed E-state index contributed by atoms with van der Waals surface area (Å²) in [5.74, 6) is 0. The van der Waals surface area contributed by atoms with Crippen LogP contribution in [-0.2, 0) is 6.54 Å². The van der Waals surface area contributed by atoms with Gasteiger partial charge in [0.05, 0.1) is 0 Å². The number of pyridine rings is 1. The van der Waals surface area contributed by atoms with Crippen LogP contribution in [0.25, 0.3) is 0 Å². The van der Waals surface area contributed by atoms with Gasteiger partial charge in [0, 0.05) is 11.3 Å². The average Bonchev–Trinajstić information content (AvgIpc) is 2.01. The first-order valence-electron chi connectivity index (χ1n) is 3.57. The van der Waals surface area contributed by atoms with Crippen molar-refractivity contribution in [2.24, 2.45) is 5.18 Å². The second-order valence-corrected chi connectivity index (χ2v) is 2.99. The van der Waals surface area contributed by atoms with Crippen LogP contribution in [0.3, 0.4) is 0 Å². The number of rotatable bonds is 2. The van der Waals surface area contributed by atoms with Gasteiger partial charge < -0.3 is 0 Å². The van der Waals surface area contributed by atoms with Crippen LogP contribution in [0.5, 0.6) is 0 Å². The lowest BCUT2D eigenvalue weighted by atomic mass is 10.2. The standard InChI is InChI=1S/C8H9ClN2O/c1-5-3-7(4-10-12)8(9)11-6(5)2/h3H,4H2,1-2H3. The van der Waals surface area contributed by atoms with Gasteiger partial charge in [0.15, 0.2) is 0 Å². The summed E-state index contributed by atoms with van der Waals surface area (Å²) < 4.78 is 0. The Kier molecular flexibility index (Phi) is 2.76. The number of halogens is 1. The van der Waals surface area contributed by atoms with Gasteiger partial charge in [0.1, 0.15) is 11.7 Å². The van der Waals surface area contributed by atoms with Crippen LogP contribution in [-0.4, -0.2) is 4.98 Å². The minimum Gasteiger partial charge on any atom is -0.241 e. The summed E-state index contributed by atoms with van der Waals surface area (Å²) >= 11 is 5.77. The smallest absolute Gasteiger partial charge is 0.134 e. The van der Waals surface area contributed by atoms with E-state index in [9.17, 15) is 4.91 Å². The summed E-state index contributed by atoms with van der Waals surface area (Å²) in [7, 11) is 0. The van der Waals surface area contributed by atoms with E-state index in [1.165, 1.54) is 0 Å². The first-order chi connectivity index (χ1) is 5.65. The van der Waals surface area contributed by atoms with E-state index in [0.717, 1.165) is 11.3 Å². The van der Waals surface area contributed by atoms with E-state index in [2.05, 4.69) is 10.2 Å². The molecular formula is C8H9ClN2O. The van der Waals surface area contributed by atoms with Crippen molar-refractivity contribution in [2.75, 3.05) is 0 Å². The van der Waals surface area contributed by atoms with Crippen molar-refractivity contribution in [3.63, 3.8) is 0 Å². The van der Waals surface area contributed by atoms with Gasteiger partial charge in [-0.15, -0.1) is 0 Å². The SMILES string of the molecule is Cc1cc(CN=O)c(Cl)nc1C. The molecule has 0 aliphatic rings. The highest BCUT2D eigenvalue weighted by atomic mass is 35.5. The first kappa shape index (κ1) is 9.13. The molecule has 0 atom stereocenters. The Bertz CT molecular complexity index is 312. The van der Waals surface area contributed by atoms with Crippen LogP contribution >= 0.6 is 11.6 Å². The van der Waals surface area contributed by atoms with Gasteiger partial charge in [-0.1, -0.05) is 16.8 Å². The van der Waals surface area contributed by atoms with Gasteiger partial charge in [-0.3, -0.25) is 0 Å². The summed E-state index contributed by atoms with van der Waals surface area (Å²) in [5.41, 5.74) is 2.60. The quantitative estimate of drug-likeness (QED) is 0.524. The molecule has 4 heteroatoms. The van der Waals surface area contributed by atoms with E-state index in [0.29, 0.717) is 10.7 Å². The number of hydrogen-bond donors (Lipinski definition) is 0. The third-order valence-electron chi connectivity index (χ3n) is 1.73. The topological polar surface area (TPSA) is 42.3 Å². The Labute approximate surface area is 75.7 Å². The molecule has 3 nitrogen and oxygen atoms in total. The average molecular weight is 185 g/mol. The lowest BCUT2D eigenvalue weighted by Gasteiger charge is -2.03. The lowest BCUT2D eigenvalue weighted by molar-refractivity contribution is 1.01. The molecule has 1 aromatic heterocycles. The zero-order valence-electron chi connectivity index (χ0n) is 6.97. The highest BCUT2D eigenvalue weighted by Crippen LogP contribution is 2.17. The van der Waals surface area contributed by atoms with Crippen LogP contribution in [0.1, 0.15) is 16.8 Å². The van der Waals surface area contributed by atoms with Crippen molar-refractivity contribution >= 4 is 11.6 Å². The molecule has 0 aliphatic carbocycles. The summed E-state index contributed by atoms with van der Waals surface area (Å²) in [4.78, 5) is 14.0. The predicted octanol–water partition coefficient (Wildman–Crippen LogP) is 2.62. The van der Waals surface area contributed by atoms with E-state index >= 15 is 0 Å². The molecule has 12 heavy (non-hydrogen) atoms. The highest BCUT2D eigenvalue weighted by Gasteiger charge is 2.04. The Morgan fingerprint density at radius 2 is 2.25 bits per heavy atom. The van der Waals surface area contributed by atoms with Crippen molar-refractivity contribution in [2.45, 2.75) is 20.4 Å². The molecule has 0 saturated carbocycles. The maximum atomic E-state index is 9.99. The van der Waals surface area contributed by atoms with Crippen LogP contribution in [0, 0.1) is 18.8 Å². The van der Waals surface area contributed by atoms with Gasteiger partial charge in [0.2, 0.25) is 0 Å². The van der Waals surface area contributed by atoms with Gasteiger partial charge in [-0.05, 0) is 25.5 Å². The minimum atomic E-state index is 0.0902. The molecule has 0 saturated heterocycles. The summed E-state index contributed by atoms with van der Waals surface area (Å²) in [5, 5.41) is 3.14. The third kappa shape index (κ3) is 1.80. The molecule has 64 valence electrons. The Morgan fingerprint density at radius 1 is 1.58 bits per heavy atom. The lowest BCUT2D eigenvalue weighted by Crippen LogP contribution is -1.93. The van der Waals surface area contributed by atoms with Crippen LogP contribution in [0.2, 0.25) is 5.15 Å². The minimum absolute atomic E-state index is 0.0902. The molecule has 1 rings (SSSR count). The van der Waals surface area contributed by atoms with E-state index < -0.39 is 0 Å². The molecule has 0 aromatic carbocycles. The molecule has 0 aliphatic heterocycles. The van der Waals surface area contributed by atoms with Crippen molar-refractivity contribution in [1.29, 1.82) is 0 Å². The summed E-state index contributed by atoms with van der Waals surface area (Å²) in [6, 6.07) is 1.84. The van der Waals surface area contributed by atoms with Gasteiger partial charge in [-0.2, -0.15) is 4.91 Å². The maximum Gasteiger partial charge on any atom is 0.134 e. The predicted molar refractivity (Wildman–Crippen MR) is 48.2 cm³/mol. The van der Waals surface area contributed by atoms with Crippen LogP contribution < -0.4 is 0 Å². The molecular weight excluding hydrogens is 176 g/mol. The molecule has 0 unspecified atom stereocenters. The molecule has 0 fully saturated rings. The number of nitroso groups, excluding NO2 is 1. The largest absolute Gasteiger partial charge is 0.241 e. The zero-order valence-corrected chi connectivity index (χ0v) is 7.72. The van der Waals surface area contributed by atoms with Gasteiger partial charge >= 0.3 is 0 Å². The van der Waals surface area contributed by atoms with E-state index in [4.69, 9.17) is 11.6 Å². The summed E-state index contributed by atoms with van der Waals surface area (Å²) in [6.45, 7) is 3.89. The van der Waals surface area contributed by atoms with E-state index in [1.807, 2.05) is 19.9 Å².